The molecule has 2 unspecified atom stereocenters. The predicted octanol–water partition coefficient (Wildman–Crippen LogP) is 2.60. The van der Waals surface area contributed by atoms with E-state index in [0.717, 1.165) is 39.2 Å². The van der Waals surface area contributed by atoms with Crippen molar-refractivity contribution in [1.82, 2.24) is 5.32 Å². The van der Waals surface area contributed by atoms with Gasteiger partial charge in [0.05, 0.1) is 19.3 Å². The lowest BCUT2D eigenvalue weighted by Crippen LogP contribution is -2.61. The molecule has 0 radical (unpaired) electrons. The summed E-state index contributed by atoms with van der Waals surface area (Å²) in [5, 5.41) is 3.59. The molecule has 0 spiro atoms. The van der Waals surface area contributed by atoms with Gasteiger partial charge in [0, 0.05) is 18.1 Å². The third-order valence-corrected chi connectivity index (χ3v) is 3.71. The monoisotopic (exact) mass is 243 g/mol. The van der Waals surface area contributed by atoms with Crippen molar-refractivity contribution in [3.63, 3.8) is 0 Å². The average Bonchev–Trinajstić information content (AvgIpc) is 2.31. The van der Waals surface area contributed by atoms with Gasteiger partial charge in [0.1, 0.15) is 0 Å². The van der Waals surface area contributed by atoms with Crippen LogP contribution in [0.2, 0.25) is 0 Å². The molecular weight excluding hydrogens is 214 g/mol. The zero-order valence-electron chi connectivity index (χ0n) is 11.9. The van der Waals surface area contributed by atoms with Gasteiger partial charge in [-0.2, -0.15) is 0 Å². The lowest BCUT2D eigenvalue weighted by atomic mass is 9.64. The highest BCUT2D eigenvalue weighted by atomic mass is 16.5. The fourth-order valence-electron chi connectivity index (χ4n) is 2.33. The molecule has 1 N–H and O–H groups in total. The SMILES string of the molecule is CCCNC1CC(OCCOCCC)C1(C)C. The fourth-order valence-corrected chi connectivity index (χ4v) is 2.33. The number of ether oxygens (including phenoxy) is 2. The van der Waals surface area contributed by atoms with Crippen molar-refractivity contribution in [3.8, 4) is 0 Å². The van der Waals surface area contributed by atoms with Crippen molar-refractivity contribution in [2.45, 2.75) is 59.1 Å². The third-order valence-electron chi connectivity index (χ3n) is 3.71. The molecule has 17 heavy (non-hydrogen) atoms. The summed E-state index contributed by atoms with van der Waals surface area (Å²) in [4.78, 5) is 0. The molecule has 0 heterocycles. The minimum Gasteiger partial charge on any atom is -0.379 e. The molecule has 0 aromatic rings. The van der Waals surface area contributed by atoms with Crippen LogP contribution in [0.3, 0.4) is 0 Å². The molecular formula is C14H29NO2. The molecule has 0 aromatic carbocycles. The van der Waals surface area contributed by atoms with Crippen LogP contribution in [0.1, 0.15) is 47.0 Å². The zero-order chi connectivity index (χ0) is 12.7. The van der Waals surface area contributed by atoms with E-state index in [0.29, 0.717) is 12.1 Å². The molecule has 1 fully saturated rings. The zero-order valence-corrected chi connectivity index (χ0v) is 11.9. The molecule has 1 saturated carbocycles. The number of nitrogens with one attached hydrogen (secondary N) is 1. The Morgan fingerprint density at radius 2 is 1.88 bits per heavy atom. The maximum Gasteiger partial charge on any atom is 0.0704 e. The second-order valence-corrected chi connectivity index (χ2v) is 5.54. The van der Waals surface area contributed by atoms with E-state index in [1.807, 2.05) is 0 Å². The van der Waals surface area contributed by atoms with Gasteiger partial charge in [0.15, 0.2) is 0 Å². The van der Waals surface area contributed by atoms with Crippen molar-refractivity contribution < 1.29 is 9.47 Å². The lowest BCUT2D eigenvalue weighted by molar-refractivity contribution is -0.126. The maximum atomic E-state index is 5.89. The Morgan fingerprint density at radius 1 is 1.12 bits per heavy atom. The third kappa shape index (κ3) is 4.23. The van der Waals surface area contributed by atoms with Crippen molar-refractivity contribution in [2.24, 2.45) is 5.41 Å². The summed E-state index contributed by atoms with van der Waals surface area (Å²) in [7, 11) is 0. The van der Waals surface area contributed by atoms with Crippen molar-refractivity contribution >= 4 is 0 Å². The van der Waals surface area contributed by atoms with Crippen molar-refractivity contribution in [3.05, 3.63) is 0 Å². The van der Waals surface area contributed by atoms with Crippen LogP contribution in [-0.2, 0) is 9.47 Å². The molecule has 1 rings (SSSR count). The van der Waals surface area contributed by atoms with Crippen LogP contribution >= 0.6 is 0 Å². The first-order valence-corrected chi connectivity index (χ1v) is 7.05. The van der Waals surface area contributed by atoms with Gasteiger partial charge in [-0.3, -0.25) is 0 Å². The highest BCUT2D eigenvalue weighted by Gasteiger charge is 2.48. The van der Waals surface area contributed by atoms with E-state index in [-0.39, 0.29) is 5.41 Å². The van der Waals surface area contributed by atoms with Crippen molar-refractivity contribution in [1.29, 1.82) is 0 Å². The van der Waals surface area contributed by atoms with E-state index in [4.69, 9.17) is 9.47 Å². The summed E-state index contributed by atoms with van der Waals surface area (Å²) in [5.41, 5.74) is 0.264. The fraction of sp³-hybridized carbons (Fsp3) is 1.00. The molecule has 1 aliphatic carbocycles. The van der Waals surface area contributed by atoms with Crippen LogP contribution in [0, 0.1) is 5.41 Å². The van der Waals surface area contributed by atoms with Crippen LogP contribution < -0.4 is 5.32 Å². The predicted molar refractivity (Wildman–Crippen MR) is 71.3 cm³/mol. The van der Waals surface area contributed by atoms with E-state index < -0.39 is 0 Å². The standard InChI is InChI=1S/C14H29NO2/c1-5-7-15-12-11-13(14(12,3)4)17-10-9-16-8-6-2/h12-13,15H,5-11H2,1-4H3. The highest BCUT2D eigenvalue weighted by Crippen LogP contribution is 2.42. The normalized spacial score (nSPS) is 26.8. The van der Waals surface area contributed by atoms with E-state index in [1.54, 1.807) is 0 Å². The maximum absolute atomic E-state index is 5.89. The summed E-state index contributed by atoms with van der Waals surface area (Å²) in [6.45, 7) is 12.3. The Bertz CT molecular complexity index is 206. The van der Waals surface area contributed by atoms with Gasteiger partial charge in [-0.1, -0.05) is 27.7 Å². The number of hydrogen-bond acceptors (Lipinski definition) is 3. The highest BCUT2D eigenvalue weighted by molar-refractivity contribution is 5.02. The van der Waals surface area contributed by atoms with Crippen LogP contribution in [0.15, 0.2) is 0 Å². The Kier molecular flexibility index (Phi) is 6.45. The van der Waals surface area contributed by atoms with E-state index in [2.05, 4.69) is 33.0 Å². The molecule has 3 heteroatoms. The van der Waals surface area contributed by atoms with E-state index in [1.165, 1.54) is 6.42 Å². The molecule has 0 bridgehead atoms. The molecule has 2 atom stereocenters. The summed E-state index contributed by atoms with van der Waals surface area (Å²) >= 11 is 0. The second-order valence-electron chi connectivity index (χ2n) is 5.54. The molecule has 0 aromatic heterocycles. The lowest BCUT2D eigenvalue weighted by Gasteiger charge is -2.52. The molecule has 0 aliphatic heterocycles. The van der Waals surface area contributed by atoms with Gasteiger partial charge < -0.3 is 14.8 Å². The first-order chi connectivity index (χ1) is 8.12. The summed E-state index contributed by atoms with van der Waals surface area (Å²) in [6, 6.07) is 0.615. The minimum absolute atomic E-state index is 0.264. The largest absolute Gasteiger partial charge is 0.379 e. The van der Waals surface area contributed by atoms with Crippen LogP contribution in [-0.4, -0.2) is 38.5 Å². The van der Waals surface area contributed by atoms with Gasteiger partial charge >= 0.3 is 0 Å². The first-order valence-electron chi connectivity index (χ1n) is 7.05. The number of rotatable bonds is 9. The van der Waals surface area contributed by atoms with Gasteiger partial charge in [0.25, 0.3) is 0 Å². The van der Waals surface area contributed by atoms with Gasteiger partial charge in [-0.05, 0) is 25.8 Å². The van der Waals surface area contributed by atoms with Crippen LogP contribution in [0.25, 0.3) is 0 Å². The van der Waals surface area contributed by atoms with Gasteiger partial charge in [-0.25, -0.2) is 0 Å². The van der Waals surface area contributed by atoms with Gasteiger partial charge in [-0.15, -0.1) is 0 Å². The average molecular weight is 243 g/mol. The summed E-state index contributed by atoms with van der Waals surface area (Å²) in [6.07, 6.45) is 3.81. The Labute approximate surface area is 106 Å². The molecule has 0 amide bonds. The first kappa shape index (κ1) is 14.9. The Hall–Kier alpha value is -0.120. The smallest absolute Gasteiger partial charge is 0.0704 e. The Morgan fingerprint density at radius 3 is 2.47 bits per heavy atom. The molecule has 102 valence electrons. The summed E-state index contributed by atoms with van der Waals surface area (Å²) in [5.74, 6) is 0. The van der Waals surface area contributed by atoms with Crippen LogP contribution in [0.4, 0.5) is 0 Å². The van der Waals surface area contributed by atoms with Crippen molar-refractivity contribution in [2.75, 3.05) is 26.4 Å². The summed E-state index contributed by atoms with van der Waals surface area (Å²) < 4.78 is 11.3. The van der Waals surface area contributed by atoms with Gasteiger partial charge in [0.2, 0.25) is 0 Å². The van der Waals surface area contributed by atoms with E-state index >= 15 is 0 Å². The van der Waals surface area contributed by atoms with Crippen LogP contribution in [0.5, 0.6) is 0 Å². The molecule has 1 aliphatic rings. The molecule has 3 nitrogen and oxygen atoms in total. The minimum atomic E-state index is 0.264. The Balaban J connectivity index is 2.11. The van der Waals surface area contributed by atoms with E-state index in [9.17, 15) is 0 Å². The second kappa shape index (κ2) is 7.34. The quantitative estimate of drug-likeness (QED) is 0.631. The molecule has 0 saturated heterocycles. The number of hydrogen-bond donors (Lipinski definition) is 1. The topological polar surface area (TPSA) is 30.5 Å².